The topological polar surface area (TPSA) is 82.9 Å². The van der Waals surface area contributed by atoms with E-state index in [2.05, 4.69) is 27.9 Å². The van der Waals surface area contributed by atoms with Gasteiger partial charge in [0.05, 0.1) is 0 Å². The smallest absolute Gasteiger partial charge is 0.312 e. The summed E-state index contributed by atoms with van der Waals surface area (Å²) in [5.41, 5.74) is 0. The van der Waals surface area contributed by atoms with E-state index in [1.54, 1.807) is 17.0 Å². The van der Waals surface area contributed by atoms with Gasteiger partial charge >= 0.3 is 11.8 Å². The summed E-state index contributed by atoms with van der Waals surface area (Å²) >= 11 is 2.06. The van der Waals surface area contributed by atoms with Crippen LogP contribution < -0.4 is 5.32 Å². The Morgan fingerprint density at radius 1 is 1.12 bits per heavy atom. The third-order valence-corrected chi connectivity index (χ3v) is 4.55. The van der Waals surface area contributed by atoms with E-state index in [0.29, 0.717) is 31.9 Å². The Morgan fingerprint density at radius 2 is 1.79 bits per heavy atom. The molecule has 1 saturated carbocycles. The van der Waals surface area contributed by atoms with Crippen LogP contribution in [0.4, 0.5) is 0 Å². The number of halogens is 1. The zero-order valence-electron chi connectivity index (χ0n) is 13.0. The highest BCUT2D eigenvalue weighted by Crippen LogP contribution is 2.18. The van der Waals surface area contributed by atoms with Gasteiger partial charge in [-0.1, -0.05) is 0 Å². The Morgan fingerprint density at radius 3 is 2.38 bits per heavy atom. The minimum absolute atomic E-state index is 0.129. The molecule has 1 aromatic heterocycles. The molecule has 7 nitrogen and oxygen atoms in total. The molecule has 0 unspecified atom stereocenters. The number of hydrogen-bond acceptors (Lipinski definition) is 4. The standard InChI is InChI=1S/C16H18IN3O4/c17-13-5-3-12(24-13)4-6-14(21)19-7-9-20(10-8-19)16(23)15(22)18-11-1-2-11/h3-6,11H,1-2,7-10H2,(H,18,22). The van der Waals surface area contributed by atoms with Gasteiger partial charge in [0.1, 0.15) is 5.76 Å². The van der Waals surface area contributed by atoms with E-state index in [4.69, 9.17) is 4.42 Å². The number of nitrogens with zero attached hydrogens (tertiary/aromatic N) is 2. The van der Waals surface area contributed by atoms with Gasteiger partial charge < -0.3 is 19.5 Å². The summed E-state index contributed by atoms with van der Waals surface area (Å²) in [7, 11) is 0. The van der Waals surface area contributed by atoms with Crippen LogP contribution in [0, 0.1) is 3.77 Å². The monoisotopic (exact) mass is 443 g/mol. The van der Waals surface area contributed by atoms with Crippen LogP contribution in [0.15, 0.2) is 22.6 Å². The van der Waals surface area contributed by atoms with Gasteiger partial charge in [-0.15, -0.1) is 0 Å². The summed E-state index contributed by atoms with van der Waals surface area (Å²) in [5, 5.41) is 2.69. The Labute approximate surface area is 153 Å². The summed E-state index contributed by atoms with van der Waals surface area (Å²) in [4.78, 5) is 39.1. The number of furan rings is 1. The van der Waals surface area contributed by atoms with Crippen LogP contribution in [-0.2, 0) is 14.4 Å². The number of hydrogen-bond donors (Lipinski definition) is 1. The number of carbonyl (C=O) groups excluding carboxylic acids is 3. The zero-order chi connectivity index (χ0) is 17.1. The molecule has 128 valence electrons. The number of nitrogens with one attached hydrogen (secondary N) is 1. The first kappa shape index (κ1) is 17.0. The molecular formula is C16H18IN3O4. The third kappa shape index (κ3) is 4.37. The van der Waals surface area contributed by atoms with Crippen molar-refractivity contribution in [1.29, 1.82) is 0 Å². The molecule has 1 aromatic rings. The van der Waals surface area contributed by atoms with Gasteiger partial charge in [-0.2, -0.15) is 0 Å². The van der Waals surface area contributed by atoms with Crippen molar-refractivity contribution in [2.75, 3.05) is 26.2 Å². The lowest BCUT2D eigenvalue weighted by molar-refractivity contribution is -0.148. The Hall–Kier alpha value is -1.84. The van der Waals surface area contributed by atoms with Gasteiger partial charge in [0, 0.05) is 38.3 Å². The summed E-state index contributed by atoms with van der Waals surface area (Å²) in [6.45, 7) is 1.58. The molecule has 8 heteroatoms. The zero-order valence-corrected chi connectivity index (χ0v) is 15.2. The molecule has 2 heterocycles. The van der Waals surface area contributed by atoms with Gasteiger partial charge in [0.15, 0.2) is 3.77 Å². The van der Waals surface area contributed by atoms with E-state index in [9.17, 15) is 14.4 Å². The molecule has 0 bridgehead atoms. The van der Waals surface area contributed by atoms with Crippen molar-refractivity contribution in [1.82, 2.24) is 15.1 Å². The molecule has 1 aliphatic carbocycles. The van der Waals surface area contributed by atoms with E-state index >= 15 is 0 Å². The number of rotatable bonds is 3. The SMILES string of the molecule is O=C(NC1CC1)C(=O)N1CCN(C(=O)C=Cc2ccc(I)o2)CC1. The predicted octanol–water partition coefficient (Wildman–Crippen LogP) is 0.847. The fraction of sp³-hybridized carbons (Fsp3) is 0.438. The fourth-order valence-electron chi connectivity index (χ4n) is 2.43. The second kappa shape index (κ2) is 7.37. The van der Waals surface area contributed by atoms with Crippen molar-refractivity contribution in [3.8, 4) is 0 Å². The molecule has 3 amide bonds. The maximum atomic E-state index is 12.2. The van der Waals surface area contributed by atoms with E-state index in [1.165, 1.54) is 11.0 Å². The van der Waals surface area contributed by atoms with Crippen LogP contribution in [0.2, 0.25) is 0 Å². The summed E-state index contributed by atoms with van der Waals surface area (Å²) < 4.78 is 6.13. The second-order valence-corrected chi connectivity index (χ2v) is 6.90. The van der Waals surface area contributed by atoms with Crippen molar-refractivity contribution >= 4 is 46.4 Å². The predicted molar refractivity (Wildman–Crippen MR) is 94.8 cm³/mol. The Kier molecular flexibility index (Phi) is 5.22. The Balaban J connectivity index is 1.47. The fourth-order valence-corrected chi connectivity index (χ4v) is 2.86. The van der Waals surface area contributed by atoms with Crippen molar-refractivity contribution in [3.05, 3.63) is 27.7 Å². The molecule has 0 radical (unpaired) electrons. The first-order valence-corrected chi connectivity index (χ1v) is 8.93. The quantitative estimate of drug-likeness (QED) is 0.427. The van der Waals surface area contributed by atoms with Crippen LogP contribution >= 0.6 is 22.6 Å². The van der Waals surface area contributed by atoms with Gasteiger partial charge in [-0.05, 0) is 53.6 Å². The highest BCUT2D eigenvalue weighted by Gasteiger charge is 2.31. The van der Waals surface area contributed by atoms with Gasteiger partial charge in [0.2, 0.25) is 5.91 Å². The molecular weight excluding hydrogens is 425 g/mol. The van der Waals surface area contributed by atoms with Gasteiger partial charge in [-0.3, -0.25) is 14.4 Å². The van der Waals surface area contributed by atoms with Crippen molar-refractivity contribution in [2.24, 2.45) is 0 Å². The maximum Gasteiger partial charge on any atom is 0.312 e. The minimum Gasteiger partial charge on any atom is -0.451 e. The number of piperazine rings is 1. The van der Waals surface area contributed by atoms with Crippen LogP contribution in [0.3, 0.4) is 0 Å². The van der Waals surface area contributed by atoms with Crippen molar-refractivity contribution < 1.29 is 18.8 Å². The largest absolute Gasteiger partial charge is 0.451 e. The first-order chi connectivity index (χ1) is 11.5. The highest BCUT2D eigenvalue weighted by molar-refractivity contribution is 14.1. The van der Waals surface area contributed by atoms with Gasteiger partial charge in [-0.25, -0.2) is 0 Å². The third-order valence-electron chi connectivity index (χ3n) is 3.97. The average Bonchev–Trinajstić information content (AvgIpc) is 3.31. The minimum atomic E-state index is -0.537. The maximum absolute atomic E-state index is 12.2. The molecule has 0 aromatic carbocycles. The average molecular weight is 443 g/mol. The molecule has 1 saturated heterocycles. The van der Waals surface area contributed by atoms with Crippen LogP contribution in [-0.4, -0.2) is 59.7 Å². The normalized spacial score (nSPS) is 18.0. The number of carbonyl (C=O) groups is 3. The molecule has 2 aliphatic rings. The molecule has 24 heavy (non-hydrogen) atoms. The highest BCUT2D eigenvalue weighted by atomic mass is 127. The molecule has 2 fully saturated rings. The lowest BCUT2D eigenvalue weighted by atomic mass is 10.2. The number of amides is 3. The molecule has 3 rings (SSSR count). The summed E-state index contributed by atoms with van der Waals surface area (Å²) in [5.74, 6) is -0.548. The van der Waals surface area contributed by atoms with E-state index < -0.39 is 11.8 Å². The Bertz CT molecular complexity index is 673. The van der Waals surface area contributed by atoms with Gasteiger partial charge in [0.25, 0.3) is 0 Å². The van der Waals surface area contributed by atoms with E-state index in [-0.39, 0.29) is 11.9 Å². The lowest BCUT2D eigenvalue weighted by Gasteiger charge is -2.33. The van der Waals surface area contributed by atoms with E-state index in [1.807, 2.05) is 6.07 Å². The van der Waals surface area contributed by atoms with Crippen molar-refractivity contribution in [3.63, 3.8) is 0 Å². The molecule has 0 atom stereocenters. The lowest BCUT2D eigenvalue weighted by Crippen LogP contribution is -2.53. The first-order valence-electron chi connectivity index (χ1n) is 7.85. The molecule has 1 aliphatic heterocycles. The molecule has 0 spiro atoms. The summed E-state index contributed by atoms with van der Waals surface area (Å²) in [6.07, 6.45) is 4.99. The molecule has 1 N–H and O–H groups in total. The van der Waals surface area contributed by atoms with Crippen molar-refractivity contribution in [2.45, 2.75) is 18.9 Å². The van der Waals surface area contributed by atoms with Crippen LogP contribution in [0.5, 0.6) is 0 Å². The van der Waals surface area contributed by atoms with E-state index in [0.717, 1.165) is 16.6 Å². The van der Waals surface area contributed by atoms with Crippen LogP contribution in [0.25, 0.3) is 6.08 Å². The second-order valence-electron chi connectivity index (χ2n) is 5.84. The summed E-state index contributed by atoms with van der Waals surface area (Å²) in [6, 6.07) is 3.78. The van der Waals surface area contributed by atoms with Crippen LogP contribution in [0.1, 0.15) is 18.6 Å².